The highest BCUT2D eigenvalue weighted by Crippen LogP contribution is 2.36. The van der Waals surface area contributed by atoms with E-state index in [0.717, 1.165) is 12.1 Å². The van der Waals surface area contributed by atoms with E-state index in [1.807, 2.05) is 0 Å². The van der Waals surface area contributed by atoms with Crippen molar-refractivity contribution in [2.45, 2.75) is 25.9 Å². The minimum atomic E-state index is -4.46. The van der Waals surface area contributed by atoms with Crippen molar-refractivity contribution >= 4 is 46.0 Å². The number of hydrogen-bond donors (Lipinski definition) is 1. The summed E-state index contributed by atoms with van der Waals surface area (Å²) in [7, 11) is 1.67. The average molecular weight is 513 g/mol. The van der Waals surface area contributed by atoms with E-state index >= 15 is 0 Å². The van der Waals surface area contributed by atoms with Crippen LogP contribution in [0.25, 0.3) is 10.9 Å². The van der Waals surface area contributed by atoms with Crippen molar-refractivity contribution in [3.8, 4) is 0 Å². The molecule has 2 aromatic carbocycles. The maximum absolute atomic E-state index is 13.3. The molecule has 1 fully saturated rings. The molecule has 1 aliphatic heterocycles. The van der Waals surface area contributed by atoms with E-state index in [0.29, 0.717) is 45.7 Å². The molecule has 1 amide bonds. The second-order valence-electron chi connectivity index (χ2n) is 8.56. The number of carbonyl (C=O) groups excluding carboxylic acids is 1. The number of rotatable bonds is 4. The number of aromatic nitrogens is 1. The molecule has 1 atom stereocenters. The predicted molar refractivity (Wildman–Crippen MR) is 124 cm³/mol. The zero-order valence-corrected chi connectivity index (χ0v) is 19.9. The SMILES string of the molecule is Cc1cc(C(F)(F)F)cc2c1cc(Cc1c(Cl)ccc(C(=O)N3CCC(C(=O)O)C3)c1Cl)n2C. The average Bonchev–Trinajstić information content (AvgIpc) is 3.36. The summed E-state index contributed by atoms with van der Waals surface area (Å²) in [5.41, 5.74) is 1.56. The number of likely N-dealkylation sites (tertiary alicyclic amines) is 1. The van der Waals surface area contributed by atoms with Crippen LogP contribution in [0.3, 0.4) is 0 Å². The van der Waals surface area contributed by atoms with E-state index in [-0.39, 0.29) is 29.5 Å². The molecule has 0 bridgehead atoms. The highest BCUT2D eigenvalue weighted by Gasteiger charge is 2.33. The first-order valence-corrected chi connectivity index (χ1v) is 11.3. The van der Waals surface area contributed by atoms with Crippen LogP contribution >= 0.6 is 23.2 Å². The molecular weight excluding hydrogens is 492 g/mol. The number of halogens is 5. The van der Waals surface area contributed by atoms with Crippen molar-refractivity contribution in [1.29, 1.82) is 0 Å². The minimum Gasteiger partial charge on any atom is -0.481 e. The first-order valence-electron chi connectivity index (χ1n) is 10.5. The van der Waals surface area contributed by atoms with Gasteiger partial charge >= 0.3 is 12.1 Å². The Morgan fingerprint density at radius 1 is 1.18 bits per heavy atom. The highest BCUT2D eigenvalue weighted by atomic mass is 35.5. The first-order chi connectivity index (χ1) is 15.9. The van der Waals surface area contributed by atoms with Gasteiger partial charge in [-0.25, -0.2) is 0 Å². The Kier molecular flexibility index (Phi) is 6.33. The van der Waals surface area contributed by atoms with Crippen molar-refractivity contribution in [2.24, 2.45) is 13.0 Å². The molecule has 1 aliphatic rings. The quantitative estimate of drug-likeness (QED) is 0.469. The molecule has 34 heavy (non-hydrogen) atoms. The molecule has 10 heteroatoms. The highest BCUT2D eigenvalue weighted by molar-refractivity contribution is 6.38. The molecule has 1 saturated heterocycles. The monoisotopic (exact) mass is 512 g/mol. The van der Waals surface area contributed by atoms with Gasteiger partial charge < -0.3 is 14.6 Å². The summed E-state index contributed by atoms with van der Waals surface area (Å²) in [6.45, 7) is 2.04. The molecule has 180 valence electrons. The molecule has 1 N–H and O–H groups in total. The number of fused-ring (bicyclic) bond motifs is 1. The maximum atomic E-state index is 13.3. The topological polar surface area (TPSA) is 62.5 Å². The third kappa shape index (κ3) is 4.36. The molecule has 1 aromatic heterocycles. The van der Waals surface area contributed by atoms with Crippen LogP contribution in [-0.2, 0) is 24.4 Å². The van der Waals surface area contributed by atoms with Crippen LogP contribution < -0.4 is 0 Å². The van der Waals surface area contributed by atoms with E-state index in [1.54, 1.807) is 30.7 Å². The van der Waals surface area contributed by atoms with E-state index < -0.39 is 23.6 Å². The number of carboxylic acid groups (broad SMARTS) is 1. The molecule has 1 unspecified atom stereocenters. The van der Waals surface area contributed by atoms with Crippen LogP contribution in [0.2, 0.25) is 10.0 Å². The second-order valence-corrected chi connectivity index (χ2v) is 9.34. The Bertz CT molecular complexity index is 1320. The standard InChI is InChI=1S/C24H21Cl2F3N2O3/c1-12-7-14(24(27,28)29)8-20-17(12)9-15(30(20)2)10-18-19(25)4-3-16(21(18)26)22(32)31-6-5-13(11-31)23(33)34/h3-4,7-9,13H,5-6,10-11H2,1-2H3,(H,33,34). The lowest BCUT2D eigenvalue weighted by atomic mass is 10.0. The third-order valence-electron chi connectivity index (χ3n) is 6.39. The number of alkyl halides is 3. The van der Waals surface area contributed by atoms with E-state index in [2.05, 4.69) is 0 Å². The number of aryl methyl sites for hydroxylation is 2. The fourth-order valence-electron chi connectivity index (χ4n) is 4.42. The Hall–Kier alpha value is -2.71. The molecule has 0 aliphatic carbocycles. The van der Waals surface area contributed by atoms with Crippen LogP contribution in [0.15, 0.2) is 30.3 Å². The van der Waals surface area contributed by atoms with E-state index in [4.69, 9.17) is 23.2 Å². The third-order valence-corrected chi connectivity index (χ3v) is 7.18. The van der Waals surface area contributed by atoms with Gasteiger partial charge in [-0.15, -0.1) is 0 Å². The van der Waals surface area contributed by atoms with Crippen molar-refractivity contribution < 1.29 is 27.9 Å². The summed E-state index contributed by atoms with van der Waals surface area (Å²) >= 11 is 13.0. The fraction of sp³-hybridized carbons (Fsp3) is 0.333. The van der Waals surface area contributed by atoms with Gasteiger partial charge in [-0.3, -0.25) is 9.59 Å². The molecule has 0 spiro atoms. The van der Waals surface area contributed by atoms with Gasteiger partial charge in [0.05, 0.1) is 22.1 Å². The summed E-state index contributed by atoms with van der Waals surface area (Å²) in [6, 6.07) is 7.08. The minimum absolute atomic E-state index is 0.104. The first kappa shape index (κ1) is 24.4. The van der Waals surface area contributed by atoms with Crippen LogP contribution in [0.5, 0.6) is 0 Å². The van der Waals surface area contributed by atoms with Gasteiger partial charge in [0, 0.05) is 48.2 Å². The maximum Gasteiger partial charge on any atom is 0.416 e. The van der Waals surface area contributed by atoms with Gasteiger partial charge in [0.2, 0.25) is 0 Å². The number of hydrogen-bond acceptors (Lipinski definition) is 2. The zero-order chi connectivity index (χ0) is 24.9. The molecule has 2 heterocycles. The molecule has 3 aromatic rings. The normalized spacial score (nSPS) is 16.4. The van der Waals surface area contributed by atoms with Gasteiger partial charge in [0.25, 0.3) is 5.91 Å². The lowest BCUT2D eigenvalue weighted by Crippen LogP contribution is -2.30. The molecule has 5 nitrogen and oxygen atoms in total. The number of benzene rings is 2. The number of carboxylic acids is 1. The van der Waals surface area contributed by atoms with Crippen LogP contribution in [0.1, 0.15) is 39.2 Å². The smallest absolute Gasteiger partial charge is 0.416 e. The summed E-state index contributed by atoms with van der Waals surface area (Å²) in [4.78, 5) is 25.7. The molecular formula is C24H21Cl2F3N2O3. The van der Waals surface area contributed by atoms with Gasteiger partial charge in [-0.05, 0) is 54.8 Å². The van der Waals surface area contributed by atoms with Gasteiger partial charge in [-0.2, -0.15) is 13.2 Å². The number of carbonyl (C=O) groups is 2. The van der Waals surface area contributed by atoms with Crippen LogP contribution in [-0.4, -0.2) is 39.5 Å². The predicted octanol–water partition coefficient (Wildman–Crippen LogP) is 5.95. The largest absolute Gasteiger partial charge is 0.481 e. The Morgan fingerprint density at radius 3 is 2.50 bits per heavy atom. The number of amides is 1. The van der Waals surface area contributed by atoms with Crippen molar-refractivity contribution in [2.75, 3.05) is 13.1 Å². The lowest BCUT2D eigenvalue weighted by Gasteiger charge is -2.18. The van der Waals surface area contributed by atoms with Crippen molar-refractivity contribution in [3.05, 3.63) is 68.3 Å². The van der Waals surface area contributed by atoms with Crippen molar-refractivity contribution in [1.82, 2.24) is 9.47 Å². The Labute approximate surface area is 203 Å². The molecule has 4 rings (SSSR count). The van der Waals surface area contributed by atoms with E-state index in [1.165, 1.54) is 11.0 Å². The lowest BCUT2D eigenvalue weighted by molar-refractivity contribution is -0.141. The zero-order valence-electron chi connectivity index (χ0n) is 18.3. The Morgan fingerprint density at radius 2 is 1.88 bits per heavy atom. The van der Waals surface area contributed by atoms with Crippen molar-refractivity contribution in [3.63, 3.8) is 0 Å². The van der Waals surface area contributed by atoms with Gasteiger partial charge in [-0.1, -0.05) is 23.2 Å². The van der Waals surface area contributed by atoms with E-state index in [9.17, 15) is 27.9 Å². The Balaban J connectivity index is 1.70. The summed E-state index contributed by atoms with van der Waals surface area (Å²) < 4.78 is 41.5. The van der Waals surface area contributed by atoms with Crippen LogP contribution in [0, 0.1) is 12.8 Å². The van der Waals surface area contributed by atoms with Gasteiger partial charge in [0.15, 0.2) is 0 Å². The fourth-order valence-corrected chi connectivity index (χ4v) is 5.00. The van der Waals surface area contributed by atoms with Crippen LogP contribution in [0.4, 0.5) is 13.2 Å². The number of aliphatic carboxylic acids is 1. The summed E-state index contributed by atoms with van der Waals surface area (Å²) in [6.07, 6.45) is -3.89. The molecule has 0 radical (unpaired) electrons. The second kappa shape index (κ2) is 8.82. The van der Waals surface area contributed by atoms with Gasteiger partial charge in [0.1, 0.15) is 0 Å². The number of nitrogens with zero attached hydrogens (tertiary/aromatic N) is 2. The summed E-state index contributed by atoms with van der Waals surface area (Å²) in [5.74, 6) is -1.94. The summed E-state index contributed by atoms with van der Waals surface area (Å²) in [5, 5.41) is 10.4. The molecule has 0 saturated carbocycles.